The molecule has 5 heteroatoms. The van der Waals surface area contributed by atoms with E-state index < -0.39 is 12.1 Å². The van der Waals surface area contributed by atoms with E-state index in [9.17, 15) is 13.2 Å². The largest absolute Gasteiger partial charge is 0.392 e. The van der Waals surface area contributed by atoms with E-state index in [4.69, 9.17) is 6.57 Å². The molecule has 2 nitrogen and oxygen atoms in total. The molecule has 1 aromatic rings. The Morgan fingerprint density at radius 2 is 1.67 bits per heavy atom. The lowest BCUT2D eigenvalue weighted by Gasteiger charge is -2.22. The van der Waals surface area contributed by atoms with Crippen LogP contribution in [0.4, 0.5) is 24.5 Å². The maximum atomic E-state index is 12.5. The Labute approximate surface area is 103 Å². The zero-order valence-electron chi connectivity index (χ0n) is 9.48. The molecule has 94 valence electrons. The molecule has 0 bridgehead atoms. The van der Waals surface area contributed by atoms with Crippen molar-refractivity contribution in [3.63, 3.8) is 0 Å². The van der Waals surface area contributed by atoms with Crippen LogP contribution >= 0.6 is 0 Å². The van der Waals surface area contributed by atoms with Crippen molar-refractivity contribution in [3.8, 4) is 0 Å². The molecule has 0 aromatic heterocycles. The van der Waals surface area contributed by atoms with Crippen molar-refractivity contribution < 1.29 is 13.2 Å². The SMILES string of the molecule is [C-]#[N+]c1ccc(N2CC3C(C2)C3C(F)(F)F)cc1. The summed E-state index contributed by atoms with van der Waals surface area (Å²) in [6.07, 6.45) is -4.03. The molecule has 2 aliphatic rings. The third kappa shape index (κ3) is 1.72. The molecule has 0 spiro atoms. The van der Waals surface area contributed by atoms with Crippen molar-refractivity contribution in [2.24, 2.45) is 17.8 Å². The summed E-state index contributed by atoms with van der Waals surface area (Å²) in [4.78, 5) is 5.27. The number of fused-ring (bicyclic) bond motifs is 1. The number of anilines is 1. The van der Waals surface area contributed by atoms with Gasteiger partial charge in [0, 0.05) is 18.8 Å². The molecule has 2 unspecified atom stereocenters. The van der Waals surface area contributed by atoms with Gasteiger partial charge in [0.15, 0.2) is 5.69 Å². The van der Waals surface area contributed by atoms with Crippen LogP contribution in [0.3, 0.4) is 0 Å². The molecule has 3 rings (SSSR count). The van der Waals surface area contributed by atoms with Crippen LogP contribution in [0.5, 0.6) is 0 Å². The first-order valence-electron chi connectivity index (χ1n) is 5.80. The molecule has 2 atom stereocenters. The van der Waals surface area contributed by atoms with Crippen molar-refractivity contribution >= 4 is 11.4 Å². The maximum absolute atomic E-state index is 12.5. The topological polar surface area (TPSA) is 7.60 Å². The smallest absolute Gasteiger partial charge is 0.371 e. The first kappa shape index (κ1) is 11.4. The Kier molecular flexibility index (Phi) is 2.31. The Morgan fingerprint density at radius 3 is 2.11 bits per heavy atom. The summed E-state index contributed by atoms with van der Waals surface area (Å²) in [5.74, 6) is -1.55. The van der Waals surface area contributed by atoms with Crippen LogP contribution in [0.15, 0.2) is 24.3 Å². The first-order valence-corrected chi connectivity index (χ1v) is 5.80. The molecule has 1 heterocycles. The second-order valence-electron chi connectivity index (χ2n) is 4.93. The predicted octanol–water partition coefficient (Wildman–Crippen LogP) is 3.48. The van der Waals surface area contributed by atoms with Gasteiger partial charge in [-0.15, -0.1) is 0 Å². The van der Waals surface area contributed by atoms with E-state index in [1.54, 1.807) is 24.3 Å². The van der Waals surface area contributed by atoms with Gasteiger partial charge in [-0.3, -0.25) is 0 Å². The number of hydrogen-bond acceptors (Lipinski definition) is 1. The lowest BCUT2D eigenvalue weighted by atomic mass is 10.2. The summed E-state index contributed by atoms with van der Waals surface area (Å²) in [6.45, 7) is 7.80. The fourth-order valence-electron chi connectivity index (χ4n) is 2.96. The Bertz CT molecular complexity index is 488. The van der Waals surface area contributed by atoms with Gasteiger partial charge in [-0.05, 0) is 24.0 Å². The van der Waals surface area contributed by atoms with Crippen molar-refractivity contribution in [1.82, 2.24) is 0 Å². The van der Waals surface area contributed by atoms with Crippen LogP contribution in [0, 0.1) is 24.3 Å². The van der Waals surface area contributed by atoms with Gasteiger partial charge in [0.25, 0.3) is 0 Å². The van der Waals surface area contributed by atoms with E-state index in [0.29, 0.717) is 18.8 Å². The van der Waals surface area contributed by atoms with Crippen LogP contribution in [-0.2, 0) is 0 Å². The fraction of sp³-hybridized carbons (Fsp3) is 0.462. The molecular formula is C13H11F3N2. The average Bonchev–Trinajstić information content (AvgIpc) is 2.87. The zero-order valence-corrected chi connectivity index (χ0v) is 9.48. The molecule has 0 amide bonds. The van der Waals surface area contributed by atoms with Crippen LogP contribution in [-0.4, -0.2) is 19.3 Å². The quantitative estimate of drug-likeness (QED) is 0.694. The molecule has 1 saturated carbocycles. The highest BCUT2D eigenvalue weighted by Crippen LogP contribution is 2.59. The van der Waals surface area contributed by atoms with E-state index in [1.165, 1.54) is 0 Å². The Morgan fingerprint density at radius 1 is 1.11 bits per heavy atom. The highest BCUT2D eigenvalue weighted by molar-refractivity contribution is 5.56. The van der Waals surface area contributed by atoms with E-state index in [2.05, 4.69) is 4.85 Å². The van der Waals surface area contributed by atoms with Crippen LogP contribution in [0.1, 0.15) is 0 Å². The summed E-state index contributed by atoms with van der Waals surface area (Å²) >= 11 is 0. The molecular weight excluding hydrogens is 241 g/mol. The molecule has 2 fully saturated rings. The van der Waals surface area contributed by atoms with Gasteiger partial charge in [0.1, 0.15) is 0 Å². The minimum absolute atomic E-state index is 0.231. The summed E-state index contributed by atoms with van der Waals surface area (Å²) in [5.41, 5.74) is 1.46. The molecule has 1 saturated heterocycles. The monoisotopic (exact) mass is 252 g/mol. The molecule has 0 N–H and O–H groups in total. The van der Waals surface area contributed by atoms with Gasteiger partial charge in [-0.25, -0.2) is 4.85 Å². The first-order chi connectivity index (χ1) is 8.50. The van der Waals surface area contributed by atoms with Gasteiger partial charge in [0.2, 0.25) is 0 Å². The molecule has 0 radical (unpaired) electrons. The van der Waals surface area contributed by atoms with E-state index in [1.807, 2.05) is 4.90 Å². The van der Waals surface area contributed by atoms with E-state index >= 15 is 0 Å². The Balaban J connectivity index is 1.67. The van der Waals surface area contributed by atoms with Gasteiger partial charge in [-0.1, -0.05) is 12.1 Å². The minimum atomic E-state index is -4.03. The number of halogens is 3. The standard InChI is InChI=1S/C13H11F3N2/c1-17-8-2-4-9(5-3-8)18-6-10-11(7-18)12(10)13(14,15)16/h2-5,10-12H,6-7H2. The van der Waals surface area contributed by atoms with Crippen LogP contribution in [0.25, 0.3) is 4.85 Å². The Hall–Kier alpha value is -1.70. The second-order valence-corrected chi connectivity index (χ2v) is 4.93. The summed E-state index contributed by atoms with van der Waals surface area (Å²) in [5, 5.41) is 0. The van der Waals surface area contributed by atoms with Crippen molar-refractivity contribution in [3.05, 3.63) is 35.7 Å². The second kappa shape index (κ2) is 3.64. The third-order valence-corrected chi connectivity index (χ3v) is 3.92. The normalized spacial score (nSPS) is 29.9. The van der Waals surface area contributed by atoms with Crippen LogP contribution in [0.2, 0.25) is 0 Å². The van der Waals surface area contributed by atoms with Crippen molar-refractivity contribution in [1.29, 1.82) is 0 Å². The predicted molar refractivity (Wildman–Crippen MR) is 61.4 cm³/mol. The number of benzene rings is 1. The number of rotatable bonds is 1. The highest BCUT2D eigenvalue weighted by atomic mass is 19.4. The summed E-state index contributed by atoms with van der Waals surface area (Å²) in [6, 6.07) is 7.02. The fourth-order valence-corrected chi connectivity index (χ4v) is 2.96. The highest BCUT2D eigenvalue weighted by Gasteiger charge is 2.67. The number of alkyl halides is 3. The van der Waals surface area contributed by atoms with Gasteiger partial charge in [0.05, 0.1) is 12.5 Å². The van der Waals surface area contributed by atoms with E-state index in [-0.39, 0.29) is 11.8 Å². The van der Waals surface area contributed by atoms with Crippen molar-refractivity contribution in [2.75, 3.05) is 18.0 Å². The van der Waals surface area contributed by atoms with Gasteiger partial charge < -0.3 is 4.90 Å². The summed E-state index contributed by atoms with van der Waals surface area (Å²) < 4.78 is 37.6. The summed E-state index contributed by atoms with van der Waals surface area (Å²) in [7, 11) is 0. The lowest BCUT2D eigenvalue weighted by Crippen LogP contribution is -2.28. The zero-order chi connectivity index (χ0) is 12.9. The molecule has 1 aliphatic heterocycles. The molecule has 1 aromatic carbocycles. The molecule has 18 heavy (non-hydrogen) atoms. The maximum Gasteiger partial charge on any atom is 0.392 e. The van der Waals surface area contributed by atoms with Gasteiger partial charge >= 0.3 is 6.18 Å². The van der Waals surface area contributed by atoms with E-state index in [0.717, 1.165) is 5.69 Å². The minimum Gasteiger partial charge on any atom is -0.371 e. The lowest BCUT2D eigenvalue weighted by molar-refractivity contribution is -0.154. The molecule has 1 aliphatic carbocycles. The number of hydrogen-bond donors (Lipinski definition) is 0. The number of nitrogens with zero attached hydrogens (tertiary/aromatic N) is 2. The average molecular weight is 252 g/mol. The van der Waals surface area contributed by atoms with Crippen molar-refractivity contribution in [2.45, 2.75) is 6.18 Å². The number of piperidine rings is 1. The third-order valence-electron chi connectivity index (χ3n) is 3.92. The van der Waals surface area contributed by atoms with Crippen LogP contribution < -0.4 is 4.90 Å². The van der Waals surface area contributed by atoms with Gasteiger partial charge in [-0.2, -0.15) is 13.2 Å².